The largest absolute Gasteiger partial charge is 0.412 e. The van der Waals surface area contributed by atoms with E-state index in [1.807, 2.05) is 0 Å². The number of hydrogen-bond donors (Lipinski definition) is 0. The average molecular weight is 320 g/mol. The fourth-order valence-electron chi connectivity index (χ4n) is 2.93. The highest BCUT2D eigenvalue weighted by molar-refractivity contribution is 6.74. The van der Waals surface area contributed by atoms with Crippen LogP contribution in [0.15, 0.2) is 30.3 Å². The Kier molecular flexibility index (Phi) is 5.20. The van der Waals surface area contributed by atoms with Crippen LogP contribution in [0.1, 0.15) is 40.2 Å². The minimum absolute atomic E-state index is 0.281. The summed E-state index contributed by atoms with van der Waals surface area (Å²) < 4.78 is 6.71. The molecule has 0 unspecified atom stereocenters. The third-order valence-electron chi connectivity index (χ3n) is 5.82. The standard InChI is InChI=1S/C19H33NOSi/c1-15-16(2)20(13-17-11-9-8-10-12-17)14-18(15)21-22(6,7)19(3,4)5/h8-12,15-16,18H,13-14H2,1-7H3/t15-,16-,18-/m0/s1. The van der Waals surface area contributed by atoms with Crippen molar-refractivity contribution in [1.29, 1.82) is 0 Å². The lowest BCUT2D eigenvalue weighted by Crippen LogP contribution is -2.45. The molecule has 0 bridgehead atoms. The quantitative estimate of drug-likeness (QED) is 0.731. The molecular weight excluding hydrogens is 286 g/mol. The maximum absolute atomic E-state index is 6.71. The summed E-state index contributed by atoms with van der Waals surface area (Å²) in [4.78, 5) is 2.58. The van der Waals surface area contributed by atoms with Crippen LogP contribution in [0.3, 0.4) is 0 Å². The Bertz CT molecular complexity index is 480. The molecule has 2 rings (SSSR count). The lowest BCUT2D eigenvalue weighted by molar-refractivity contribution is 0.153. The van der Waals surface area contributed by atoms with E-state index < -0.39 is 8.32 Å². The zero-order valence-electron chi connectivity index (χ0n) is 15.4. The molecule has 3 heteroatoms. The Hall–Kier alpha value is -0.643. The number of likely N-dealkylation sites (tertiary alicyclic amines) is 1. The Morgan fingerprint density at radius 2 is 1.73 bits per heavy atom. The molecule has 1 aromatic carbocycles. The Balaban J connectivity index is 2.04. The molecule has 0 N–H and O–H groups in total. The van der Waals surface area contributed by atoms with Gasteiger partial charge in [-0.05, 0) is 36.5 Å². The fraction of sp³-hybridized carbons (Fsp3) is 0.684. The van der Waals surface area contributed by atoms with Crippen LogP contribution in [-0.2, 0) is 11.0 Å². The van der Waals surface area contributed by atoms with E-state index in [0.29, 0.717) is 18.1 Å². The molecule has 1 aliphatic rings. The number of hydrogen-bond acceptors (Lipinski definition) is 2. The third-order valence-corrected chi connectivity index (χ3v) is 10.3. The lowest BCUT2D eigenvalue weighted by atomic mass is 10.0. The van der Waals surface area contributed by atoms with Gasteiger partial charge >= 0.3 is 0 Å². The van der Waals surface area contributed by atoms with Crippen LogP contribution in [0.4, 0.5) is 0 Å². The highest BCUT2D eigenvalue weighted by atomic mass is 28.4. The lowest BCUT2D eigenvalue weighted by Gasteiger charge is -2.39. The molecule has 1 aliphatic heterocycles. The zero-order valence-corrected chi connectivity index (χ0v) is 16.4. The Morgan fingerprint density at radius 1 is 1.14 bits per heavy atom. The fourth-order valence-corrected chi connectivity index (χ4v) is 4.33. The van der Waals surface area contributed by atoms with Crippen molar-refractivity contribution in [3.63, 3.8) is 0 Å². The molecule has 0 amide bonds. The van der Waals surface area contributed by atoms with Crippen LogP contribution in [-0.4, -0.2) is 31.9 Å². The highest BCUT2D eigenvalue weighted by Gasteiger charge is 2.44. The van der Waals surface area contributed by atoms with Crippen LogP contribution in [0.25, 0.3) is 0 Å². The maximum atomic E-state index is 6.71. The van der Waals surface area contributed by atoms with Crippen LogP contribution in [0, 0.1) is 5.92 Å². The SMILES string of the molecule is C[C@@H]1[C@@H](O[Si](C)(C)C(C)(C)C)CN(Cc2ccccc2)[C@H]1C. The Morgan fingerprint density at radius 3 is 2.27 bits per heavy atom. The van der Waals surface area contributed by atoms with Crippen molar-refractivity contribution in [2.24, 2.45) is 5.92 Å². The minimum Gasteiger partial charge on any atom is -0.412 e. The van der Waals surface area contributed by atoms with Gasteiger partial charge in [0.2, 0.25) is 0 Å². The summed E-state index contributed by atoms with van der Waals surface area (Å²) in [7, 11) is -1.69. The van der Waals surface area contributed by atoms with Crippen molar-refractivity contribution in [1.82, 2.24) is 4.90 Å². The predicted octanol–water partition coefficient (Wildman–Crippen LogP) is 4.92. The number of nitrogens with zero attached hydrogens (tertiary/aromatic N) is 1. The van der Waals surface area contributed by atoms with Gasteiger partial charge in [0.25, 0.3) is 0 Å². The molecule has 0 saturated carbocycles. The van der Waals surface area contributed by atoms with Crippen molar-refractivity contribution in [2.75, 3.05) is 6.54 Å². The molecule has 2 nitrogen and oxygen atoms in total. The summed E-state index contributed by atoms with van der Waals surface area (Å²) in [5.41, 5.74) is 1.40. The summed E-state index contributed by atoms with van der Waals surface area (Å²) in [5.74, 6) is 0.595. The normalized spacial score (nSPS) is 27.3. The van der Waals surface area contributed by atoms with Gasteiger partial charge in [-0.2, -0.15) is 0 Å². The van der Waals surface area contributed by atoms with E-state index in [0.717, 1.165) is 13.1 Å². The van der Waals surface area contributed by atoms with Gasteiger partial charge in [-0.15, -0.1) is 0 Å². The molecule has 0 radical (unpaired) electrons. The van der Waals surface area contributed by atoms with Crippen LogP contribution >= 0.6 is 0 Å². The molecule has 0 aromatic heterocycles. The molecule has 22 heavy (non-hydrogen) atoms. The van der Waals surface area contributed by atoms with Crippen molar-refractivity contribution >= 4 is 8.32 Å². The number of benzene rings is 1. The first-order valence-electron chi connectivity index (χ1n) is 8.57. The number of rotatable bonds is 4. The van der Waals surface area contributed by atoms with Crippen LogP contribution < -0.4 is 0 Å². The minimum atomic E-state index is -1.69. The first kappa shape index (κ1) is 17.7. The molecule has 124 valence electrons. The van der Waals surface area contributed by atoms with E-state index in [4.69, 9.17) is 4.43 Å². The molecule has 1 fully saturated rings. The van der Waals surface area contributed by atoms with Crippen molar-refractivity contribution in [2.45, 2.75) is 71.4 Å². The molecule has 0 aliphatic carbocycles. The summed E-state index contributed by atoms with van der Waals surface area (Å²) in [5, 5.41) is 0.281. The van der Waals surface area contributed by atoms with E-state index >= 15 is 0 Å². The van der Waals surface area contributed by atoms with Crippen molar-refractivity contribution < 1.29 is 4.43 Å². The molecule has 3 atom stereocenters. The smallest absolute Gasteiger partial charge is 0.192 e. The maximum Gasteiger partial charge on any atom is 0.192 e. The molecule has 1 heterocycles. The molecule has 1 aromatic rings. The molecule has 0 spiro atoms. The summed E-state index contributed by atoms with van der Waals surface area (Å²) in [6.07, 6.45) is 0.375. The highest BCUT2D eigenvalue weighted by Crippen LogP contribution is 2.40. The van der Waals surface area contributed by atoms with E-state index in [9.17, 15) is 0 Å². The van der Waals surface area contributed by atoms with E-state index in [1.54, 1.807) is 0 Å². The van der Waals surface area contributed by atoms with E-state index in [1.165, 1.54) is 5.56 Å². The summed E-state index contributed by atoms with van der Waals surface area (Å²) in [6.45, 7) is 18.5. The second kappa shape index (κ2) is 6.46. The molecular formula is C19H33NOSi. The van der Waals surface area contributed by atoms with Gasteiger partial charge in [-0.1, -0.05) is 58.0 Å². The zero-order chi connectivity index (χ0) is 16.5. The van der Waals surface area contributed by atoms with E-state index in [-0.39, 0.29) is 5.04 Å². The van der Waals surface area contributed by atoms with Crippen molar-refractivity contribution in [3.8, 4) is 0 Å². The topological polar surface area (TPSA) is 12.5 Å². The molecule has 1 saturated heterocycles. The second-order valence-electron chi connectivity index (χ2n) is 8.43. The Labute approximate surface area is 138 Å². The summed E-state index contributed by atoms with van der Waals surface area (Å²) >= 11 is 0. The first-order valence-corrected chi connectivity index (χ1v) is 11.5. The van der Waals surface area contributed by atoms with E-state index in [2.05, 4.69) is 82.9 Å². The van der Waals surface area contributed by atoms with Crippen molar-refractivity contribution in [3.05, 3.63) is 35.9 Å². The van der Waals surface area contributed by atoms with Gasteiger partial charge in [-0.3, -0.25) is 4.90 Å². The van der Waals surface area contributed by atoms with Gasteiger partial charge in [0.05, 0.1) is 6.10 Å². The average Bonchev–Trinajstić information content (AvgIpc) is 2.67. The van der Waals surface area contributed by atoms with Gasteiger partial charge in [0.15, 0.2) is 8.32 Å². The first-order chi connectivity index (χ1) is 10.1. The van der Waals surface area contributed by atoms with Gasteiger partial charge in [0.1, 0.15) is 0 Å². The van der Waals surface area contributed by atoms with Gasteiger partial charge < -0.3 is 4.43 Å². The monoisotopic (exact) mass is 319 g/mol. The predicted molar refractivity (Wildman–Crippen MR) is 97.5 cm³/mol. The third kappa shape index (κ3) is 3.81. The second-order valence-corrected chi connectivity index (χ2v) is 13.2. The van der Waals surface area contributed by atoms with Crippen LogP contribution in [0.5, 0.6) is 0 Å². The van der Waals surface area contributed by atoms with Gasteiger partial charge in [0, 0.05) is 19.1 Å². The summed E-state index contributed by atoms with van der Waals surface area (Å²) in [6, 6.07) is 11.4. The van der Waals surface area contributed by atoms with Gasteiger partial charge in [-0.25, -0.2) is 0 Å². The van der Waals surface area contributed by atoms with Crippen LogP contribution in [0.2, 0.25) is 18.1 Å².